The van der Waals surface area contributed by atoms with Crippen molar-refractivity contribution in [3.05, 3.63) is 78.1 Å². The van der Waals surface area contributed by atoms with Gasteiger partial charge in [0, 0.05) is 35.6 Å². The molecule has 0 fully saturated rings. The second-order valence-electron chi connectivity index (χ2n) is 6.14. The first-order valence-electron chi connectivity index (χ1n) is 8.81. The number of benzene rings is 2. The van der Waals surface area contributed by atoms with Gasteiger partial charge in [-0.2, -0.15) is 0 Å². The van der Waals surface area contributed by atoms with E-state index in [1.165, 1.54) is 10.5 Å². The van der Waals surface area contributed by atoms with Crippen LogP contribution in [0.25, 0.3) is 11.3 Å². The largest absolute Gasteiger partial charge is 0.461 e. The fraction of sp³-hybridized carbons (Fsp3) is 0.227. The third kappa shape index (κ3) is 5.53. The van der Waals surface area contributed by atoms with Gasteiger partial charge in [-0.15, -0.1) is 11.8 Å². The van der Waals surface area contributed by atoms with Crippen LogP contribution in [0.1, 0.15) is 17.7 Å². The highest BCUT2D eigenvalue weighted by molar-refractivity contribution is 7.99. The van der Waals surface area contributed by atoms with Crippen LogP contribution in [0, 0.1) is 6.92 Å². The summed E-state index contributed by atoms with van der Waals surface area (Å²) < 4.78 is 5.83. The van der Waals surface area contributed by atoms with Crippen molar-refractivity contribution in [2.24, 2.45) is 0 Å². The van der Waals surface area contributed by atoms with Gasteiger partial charge in [-0.1, -0.05) is 48.0 Å². The maximum Gasteiger partial charge on any atom is 0.220 e. The molecule has 4 heteroatoms. The van der Waals surface area contributed by atoms with Crippen LogP contribution >= 0.6 is 11.8 Å². The smallest absolute Gasteiger partial charge is 0.220 e. The quantitative estimate of drug-likeness (QED) is 0.446. The van der Waals surface area contributed by atoms with Crippen molar-refractivity contribution < 1.29 is 9.21 Å². The van der Waals surface area contributed by atoms with E-state index >= 15 is 0 Å². The van der Waals surface area contributed by atoms with E-state index in [2.05, 4.69) is 36.5 Å². The van der Waals surface area contributed by atoms with E-state index in [4.69, 9.17) is 4.42 Å². The van der Waals surface area contributed by atoms with E-state index in [0.29, 0.717) is 19.4 Å². The van der Waals surface area contributed by atoms with E-state index in [9.17, 15) is 4.79 Å². The van der Waals surface area contributed by atoms with Crippen molar-refractivity contribution in [2.45, 2.75) is 24.7 Å². The number of amides is 1. The molecule has 3 nitrogen and oxygen atoms in total. The molecule has 0 saturated heterocycles. The Morgan fingerprint density at radius 2 is 1.77 bits per heavy atom. The van der Waals surface area contributed by atoms with E-state index in [0.717, 1.165) is 22.8 Å². The Kier molecular flexibility index (Phi) is 6.56. The van der Waals surface area contributed by atoms with Crippen molar-refractivity contribution in [1.29, 1.82) is 0 Å². The molecule has 1 amide bonds. The summed E-state index contributed by atoms with van der Waals surface area (Å²) >= 11 is 1.75. The Balaban J connectivity index is 1.36. The first-order chi connectivity index (χ1) is 12.7. The van der Waals surface area contributed by atoms with Gasteiger partial charge in [0.15, 0.2) is 0 Å². The topological polar surface area (TPSA) is 42.2 Å². The lowest BCUT2D eigenvalue weighted by Crippen LogP contribution is -2.25. The predicted molar refractivity (Wildman–Crippen MR) is 107 cm³/mol. The lowest BCUT2D eigenvalue weighted by Gasteiger charge is -2.05. The van der Waals surface area contributed by atoms with Crippen molar-refractivity contribution >= 4 is 17.7 Å². The zero-order valence-electron chi connectivity index (χ0n) is 14.9. The molecule has 0 radical (unpaired) electrons. The van der Waals surface area contributed by atoms with E-state index in [-0.39, 0.29) is 5.91 Å². The number of nitrogens with one attached hydrogen (secondary N) is 1. The van der Waals surface area contributed by atoms with Crippen molar-refractivity contribution in [2.75, 3.05) is 12.3 Å². The summed E-state index contributed by atoms with van der Waals surface area (Å²) in [7, 11) is 0. The van der Waals surface area contributed by atoms with Gasteiger partial charge in [-0.3, -0.25) is 4.79 Å². The maximum atomic E-state index is 12.0. The van der Waals surface area contributed by atoms with Crippen molar-refractivity contribution in [3.8, 4) is 11.3 Å². The molecule has 0 aliphatic heterocycles. The van der Waals surface area contributed by atoms with E-state index < -0.39 is 0 Å². The predicted octanol–water partition coefficient (Wildman–Crippen LogP) is 5.10. The molecule has 0 bridgehead atoms. The zero-order chi connectivity index (χ0) is 18.2. The van der Waals surface area contributed by atoms with Crippen molar-refractivity contribution in [1.82, 2.24) is 5.32 Å². The molecule has 0 aliphatic carbocycles. The molecule has 1 aromatic heterocycles. The highest BCUT2D eigenvalue weighted by Gasteiger charge is 2.07. The highest BCUT2D eigenvalue weighted by Crippen LogP contribution is 2.22. The molecule has 0 atom stereocenters. The van der Waals surface area contributed by atoms with Gasteiger partial charge in [-0.25, -0.2) is 0 Å². The summed E-state index contributed by atoms with van der Waals surface area (Å²) in [4.78, 5) is 13.2. The second-order valence-corrected chi connectivity index (χ2v) is 7.31. The van der Waals surface area contributed by atoms with Gasteiger partial charge in [0.25, 0.3) is 0 Å². The number of rotatable bonds is 8. The highest BCUT2D eigenvalue weighted by atomic mass is 32.2. The molecule has 26 heavy (non-hydrogen) atoms. The fourth-order valence-corrected chi connectivity index (χ4v) is 3.36. The van der Waals surface area contributed by atoms with Crippen LogP contribution in [0.15, 0.2) is 76.0 Å². The van der Waals surface area contributed by atoms with Gasteiger partial charge in [0.2, 0.25) is 5.91 Å². The summed E-state index contributed by atoms with van der Waals surface area (Å²) in [5.41, 5.74) is 2.31. The van der Waals surface area contributed by atoms with Crippen LogP contribution in [-0.4, -0.2) is 18.2 Å². The molecule has 0 spiro atoms. The molecule has 0 unspecified atom stereocenters. The Labute approximate surface area is 158 Å². The number of hydrogen-bond acceptors (Lipinski definition) is 3. The number of carbonyl (C=O) groups is 1. The molecule has 1 N–H and O–H groups in total. The summed E-state index contributed by atoms with van der Waals surface area (Å²) in [6.45, 7) is 2.75. The molecule has 3 rings (SSSR count). The molecule has 1 heterocycles. The van der Waals surface area contributed by atoms with Crippen LogP contribution < -0.4 is 5.32 Å². The standard InChI is InChI=1S/C22H23NO2S/c1-17-7-11-20(12-8-17)26-16-15-23-22(24)14-10-19-9-13-21(25-19)18-5-3-2-4-6-18/h2-9,11-13H,10,14-16H2,1H3,(H,23,24). The normalized spacial score (nSPS) is 10.7. The number of thioether (sulfide) groups is 1. The number of furan rings is 1. The van der Waals surface area contributed by atoms with Crippen LogP contribution in [0.4, 0.5) is 0 Å². The number of aryl methyl sites for hydroxylation is 2. The Hall–Kier alpha value is -2.46. The minimum absolute atomic E-state index is 0.0622. The van der Waals surface area contributed by atoms with Gasteiger partial charge in [0.05, 0.1) is 0 Å². The average molecular weight is 365 g/mol. The first-order valence-corrected chi connectivity index (χ1v) is 9.79. The van der Waals surface area contributed by atoms with Crippen molar-refractivity contribution in [3.63, 3.8) is 0 Å². The van der Waals surface area contributed by atoms with Gasteiger partial charge < -0.3 is 9.73 Å². The minimum atomic E-state index is 0.0622. The summed E-state index contributed by atoms with van der Waals surface area (Å²) in [5, 5.41) is 2.97. The molecule has 3 aromatic rings. The van der Waals surface area contributed by atoms with Gasteiger partial charge in [-0.05, 0) is 31.2 Å². The molecule has 134 valence electrons. The molecular weight excluding hydrogens is 342 g/mol. The first kappa shape index (κ1) is 18.3. The van der Waals surface area contributed by atoms with Gasteiger partial charge >= 0.3 is 0 Å². The lowest BCUT2D eigenvalue weighted by atomic mass is 10.2. The summed E-state index contributed by atoms with van der Waals surface area (Å²) in [5.74, 6) is 2.61. The van der Waals surface area contributed by atoms with Gasteiger partial charge in [0.1, 0.15) is 11.5 Å². The maximum absolute atomic E-state index is 12.0. The molecular formula is C22H23NO2S. The SMILES string of the molecule is Cc1ccc(SCCNC(=O)CCc2ccc(-c3ccccc3)o2)cc1. The zero-order valence-corrected chi connectivity index (χ0v) is 15.7. The Morgan fingerprint density at radius 3 is 2.54 bits per heavy atom. The summed E-state index contributed by atoms with van der Waals surface area (Å²) in [6, 6.07) is 22.3. The minimum Gasteiger partial charge on any atom is -0.461 e. The average Bonchev–Trinajstić information content (AvgIpc) is 3.15. The molecule has 0 saturated carbocycles. The van der Waals surface area contributed by atoms with Crippen LogP contribution in [0.3, 0.4) is 0 Å². The van der Waals surface area contributed by atoms with E-state index in [1.54, 1.807) is 11.8 Å². The van der Waals surface area contributed by atoms with Crippen LogP contribution in [0.5, 0.6) is 0 Å². The second kappa shape index (κ2) is 9.30. The number of carbonyl (C=O) groups excluding carboxylic acids is 1. The van der Waals surface area contributed by atoms with E-state index in [1.807, 2.05) is 42.5 Å². The van der Waals surface area contributed by atoms with Crippen LogP contribution in [0.2, 0.25) is 0 Å². The molecule has 0 aliphatic rings. The lowest BCUT2D eigenvalue weighted by molar-refractivity contribution is -0.121. The third-order valence-corrected chi connectivity index (χ3v) is 5.05. The Bertz CT molecular complexity index is 825. The van der Waals surface area contributed by atoms with Crippen LogP contribution in [-0.2, 0) is 11.2 Å². The monoisotopic (exact) mass is 365 g/mol. The third-order valence-electron chi connectivity index (χ3n) is 4.03. The number of hydrogen-bond donors (Lipinski definition) is 1. The summed E-state index contributed by atoms with van der Waals surface area (Å²) in [6.07, 6.45) is 1.06. The fourth-order valence-electron chi connectivity index (χ4n) is 2.59. The molecule has 2 aromatic carbocycles. The Morgan fingerprint density at radius 1 is 1.00 bits per heavy atom.